The third-order valence-electron chi connectivity index (χ3n) is 3.54. The van der Waals surface area contributed by atoms with Gasteiger partial charge in [0.25, 0.3) is 5.91 Å². The van der Waals surface area contributed by atoms with Crippen LogP contribution in [0.25, 0.3) is 0 Å². The first kappa shape index (κ1) is 13.9. The van der Waals surface area contributed by atoms with Crippen LogP contribution >= 0.6 is 11.6 Å². The topological polar surface area (TPSA) is 66.4 Å². The molecule has 5 heteroatoms. The summed E-state index contributed by atoms with van der Waals surface area (Å²) in [5.74, 6) is -1.11. The van der Waals surface area contributed by atoms with Gasteiger partial charge in [-0.05, 0) is 37.1 Å². The van der Waals surface area contributed by atoms with Gasteiger partial charge in [0.1, 0.15) is 0 Å². The molecule has 1 aliphatic rings. The Morgan fingerprint density at radius 3 is 2.32 bits per heavy atom. The molecule has 102 valence electrons. The van der Waals surface area contributed by atoms with E-state index in [0.717, 1.165) is 25.7 Å². The standard InChI is InChI=1S/C14H16ClNO3/c15-11-5-3-10(4-6-11)13(19)16-14(9-12(17)18)7-1-2-8-14/h3-6H,1-2,7-9H2,(H,16,19)(H,17,18). The highest BCUT2D eigenvalue weighted by molar-refractivity contribution is 6.30. The molecule has 0 saturated heterocycles. The number of hydrogen-bond acceptors (Lipinski definition) is 2. The van der Waals surface area contributed by atoms with Gasteiger partial charge in [-0.3, -0.25) is 9.59 Å². The first-order chi connectivity index (χ1) is 9.01. The van der Waals surface area contributed by atoms with Gasteiger partial charge < -0.3 is 10.4 Å². The molecule has 2 N–H and O–H groups in total. The van der Waals surface area contributed by atoms with E-state index in [9.17, 15) is 9.59 Å². The predicted molar refractivity (Wildman–Crippen MR) is 72.4 cm³/mol. The molecular weight excluding hydrogens is 266 g/mol. The molecule has 0 spiro atoms. The zero-order chi connectivity index (χ0) is 13.9. The molecule has 0 aromatic heterocycles. The number of amides is 1. The molecule has 19 heavy (non-hydrogen) atoms. The van der Waals surface area contributed by atoms with Crippen LogP contribution in [-0.2, 0) is 4.79 Å². The van der Waals surface area contributed by atoms with E-state index in [1.165, 1.54) is 0 Å². The van der Waals surface area contributed by atoms with E-state index in [-0.39, 0.29) is 12.3 Å². The number of halogens is 1. The Labute approximate surface area is 116 Å². The minimum atomic E-state index is -0.877. The Balaban J connectivity index is 2.11. The third-order valence-corrected chi connectivity index (χ3v) is 3.79. The van der Waals surface area contributed by atoms with Crippen molar-refractivity contribution >= 4 is 23.5 Å². The van der Waals surface area contributed by atoms with E-state index >= 15 is 0 Å². The van der Waals surface area contributed by atoms with Crippen molar-refractivity contribution in [2.75, 3.05) is 0 Å². The average molecular weight is 282 g/mol. The van der Waals surface area contributed by atoms with Crippen LogP contribution in [0.1, 0.15) is 42.5 Å². The van der Waals surface area contributed by atoms with Crippen LogP contribution in [0.3, 0.4) is 0 Å². The summed E-state index contributed by atoms with van der Waals surface area (Å²) in [5, 5.41) is 12.5. The fourth-order valence-corrected chi connectivity index (χ4v) is 2.73. The summed E-state index contributed by atoms with van der Waals surface area (Å²) in [6.45, 7) is 0. The smallest absolute Gasteiger partial charge is 0.305 e. The highest BCUT2D eigenvalue weighted by Gasteiger charge is 2.37. The lowest BCUT2D eigenvalue weighted by molar-refractivity contribution is -0.138. The van der Waals surface area contributed by atoms with Gasteiger partial charge in [-0.2, -0.15) is 0 Å². The van der Waals surface area contributed by atoms with Gasteiger partial charge in [-0.1, -0.05) is 24.4 Å². The largest absolute Gasteiger partial charge is 0.481 e. The van der Waals surface area contributed by atoms with Gasteiger partial charge in [-0.15, -0.1) is 0 Å². The molecule has 0 unspecified atom stereocenters. The van der Waals surface area contributed by atoms with Crippen molar-refractivity contribution in [2.24, 2.45) is 0 Å². The second kappa shape index (κ2) is 5.61. The number of carboxylic acid groups (broad SMARTS) is 1. The van der Waals surface area contributed by atoms with Crippen molar-refractivity contribution in [3.8, 4) is 0 Å². The summed E-state index contributed by atoms with van der Waals surface area (Å²) in [4.78, 5) is 23.1. The van der Waals surface area contributed by atoms with Crippen molar-refractivity contribution in [3.63, 3.8) is 0 Å². The van der Waals surface area contributed by atoms with E-state index in [2.05, 4.69) is 5.32 Å². The van der Waals surface area contributed by atoms with Crippen LogP contribution in [-0.4, -0.2) is 22.5 Å². The molecule has 0 radical (unpaired) electrons. The Bertz CT molecular complexity index is 478. The van der Waals surface area contributed by atoms with E-state index < -0.39 is 11.5 Å². The number of carboxylic acids is 1. The number of nitrogens with one attached hydrogen (secondary N) is 1. The monoisotopic (exact) mass is 281 g/mol. The highest BCUT2D eigenvalue weighted by Crippen LogP contribution is 2.33. The summed E-state index contributed by atoms with van der Waals surface area (Å²) in [7, 11) is 0. The van der Waals surface area contributed by atoms with Crippen LogP contribution in [0, 0.1) is 0 Å². The summed E-state index contributed by atoms with van der Waals surface area (Å²) in [5.41, 5.74) is -0.0937. The van der Waals surface area contributed by atoms with Crippen LogP contribution in [0.15, 0.2) is 24.3 Å². The van der Waals surface area contributed by atoms with E-state index in [1.54, 1.807) is 24.3 Å². The van der Waals surface area contributed by atoms with Gasteiger partial charge in [-0.25, -0.2) is 0 Å². The van der Waals surface area contributed by atoms with Crippen molar-refractivity contribution in [1.29, 1.82) is 0 Å². The minimum absolute atomic E-state index is 0.0215. The van der Waals surface area contributed by atoms with Crippen LogP contribution in [0.4, 0.5) is 0 Å². The second-order valence-electron chi connectivity index (χ2n) is 5.02. The van der Waals surface area contributed by atoms with Crippen LogP contribution in [0.5, 0.6) is 0 Å². The number of carbonyl (C=O) groups excluding carboxylic acids is 1. The maximum Gasteiger partial charge on any atom is 0.305 e. The Morgan fingerprint density at radius 1 is 1.21 bits per heavy atom. The lowest BCUT2D eigenvalue weighted by Gasteiger charge is -2.28. The molecular formula is C14H16ClNO3. The van der Waals surface area contributed by atoms with Gasteiger partial charge >= 0.3 is 5.97 Å². The molecule has 1 aliphatic carbocycles. The lowest BCUT2D eigenvalue weighted by Crippen LogP contribution is -2.47. The average Bonchev–Trinajstić information content (AvgIpc) is 2.77. The molecule has 1 amide bonds. The number of rotatable bonds is 4. The van der Waals surface area contributed by atoms with Crippen LogP contribution < -0.4 is 5.32 Å². The molecule has 1 aromatic carbocycles. The van der Waals surface area contributed by atoms with Crippen LogP contribution in [0.2, 0.25) is 5.02 Å². The summed E-state index contributed by atoms with van der Waals surface area (Å²) >= 11 is 5.77. The summed E-state index contributed by atoms with van der Waals surface area (Å²) in [6, 6.07) is 6.58. The van der Waals surface area contributed by atoms with E-state index in [1.807, 2.05) is 0 Å². The Kier molecular flexibility index (Phi) is 4.10. The SMILES string of the molecule is O=C(O)CC1(NC(=O)c2ccc(Cl)cc2)CCCC1. The number of aliphatic carboxylic acids is 1. The maximum absolute atomic E-state index is 12.2. The molecule has 1 aromatic rings. The fourth-order valence-electron chi connectivity index (χ4n) is 2.60. The fraction of sp³-hybridized carbons (Fsp3) is 0.429. The Hall–Kier alpha value is -1.55. The normalized spacial score (nSPS) is 17.1. The molecule has 2 rings (SSSR count). The van der Waals surface area contributed by atoms with Gasteiger partial charge in [0.15, 0.2) is 0 Å². The van der Waals surface area contributed by atoms with Crippen molar-refractivity contribution in [2.45, 2.75) is 37.6 Å². The quantitative estimate of drug-likeness (QED) is 0.892. The predicted octanol–water partition coefficient (Wildman–Crippen LogP) is 2.86. The van der Waals surface area contributed by atoms with Gasteiger partial charge in [0, 0.05) is 10.6 Å². The minimum Gasteiger partial charge on any atom is -0.481 e. The zero-order valence-corrected chi connectivity index (χ0v) is 11.2. The second-order valence-corrected chi connectivity index (χ2v) is 5.46. The lowest BCUT2D eigenvalue weighted by atomic mass is 9.92. The molecule has 0 heterocycles. The third kappa shape index (κ3) is 3.47. The molecule has 0 atom stereocenters. The molecule has 1 saturated carbocycles. The number of carbonyl (C=O) groups is 2. The van der Waals surface area contributed by atoms with E-state index in [0.29, 0.717) is 10.6 Å². The molecule has 0 bridgehead atoms. The van der Waals surface area contributed by atoms with Gasteiger partial charge in [0.2, 0.25) is 0 Å². The summed E-state index contributed by atoms with van der Waals surface area (Å²) < 4.78 is 0. The summed E-state index contributed by atoms with van der Waals surface area (Å²) in [6.07, 6.45) is 3.33. The van der Waals surface area contributed by atoms with Crippen molar-refractivity contribution in [1.82, 2.24) is 5.32 Å². The Morgan fingerprint density at radius 2 is 1.79 bits per heavy atom. The van der Waals surface area contributed by atoms with Gasteiger partial charge in [0.05, 0.1) is 12.0 Å². The number of benzene rings is 1. The van der Waals surface area contributed by atoms with E-state index in [4.69, 9.17) is 16.7 Å². The maximum atomic E-state index is 12.2. The number of hydrogen-bond donors (Lipinski definition) is 2. The van der Waals surface area contributed by atoms with Crippen molar-refractivity contribution < 1.29 is 14.7 Å². The zero-order valence-electron chi connectivity index (χ0n) is 10.5. The highest BCUT2D eigenvalue weighted by atomic mass is 35.5. The van der Waals surface area contributed by atoms with Crippen molar-refractivity contribution in [3.05, 3.63) is 34.9 Å². The molecule has 1 fully saturated rings. The first-order valence-corrected chi connectivity index (χ1v) is 6.68. The first-order valence-electron chi connectivity index (χ1n) is 6.31. The molecule has 4 nitrogen and oxygen atoms in total. The molecule has 0 aliphatic heterocycles.